The highest BCUT2D eigenvalue weighted by Gasteiger charge is 2.36. The van der Waals surface area contributed by atoms with E-state index in [1.54, 1.807) is 0 Å². The third-order valence-corrected chi connectivity index (χ3v) is 7.53. The van der Waals surface area contributed by atoms with E-state index in [0.29, 0.717) is 10.6 Å². The molecular formula is C25H19F6N5O4S. The second kappa shape index (κ2) is 11.4. The van der Waals surface area contributed by atoms with Crippen LogP contribution in [0.15, 0.2) is 59.9 Å². The van der Waals surface area contributed by atoms with Crippen molar-refractivity contribution in [2.75, 3.05) is 26.3 Å². The molecule has 0 aliphatic heterocycles. The van der Waals surface area contributed by atoms with Gasteiger partial charge in [0.25, 0.3) is 0 Å². The molecule has 1 aromatic carbocycles. The van der Waals surface area contributed by atoms with Crippen LogP contribution in [0.3, 0.4) is 0 Å². The van der Waals surface area contributed by atoms with Crippen LogP contribution < -0.4 is 0 Å². The molecule has 2 N–H and O–H groups in total. The van der Waals surface area contributed by atoms with Gasteiger partial charge in [0, 0.05) is 36.6 Å². The highest BCUT2D eigenvalue weighted by Crippen LogP contribution is 2.34. The van der Waals surface area contributed by atoms with Crippen LogP contribution >= 0.6 is 0 Å². The molecule has 0 radical (unpaired) electrons. The van der Waals surface area contributed by atoms with Crippen molar-refractivity contribution in [2.24, 2.45) is 0 Å². The van der Waals surface area contributed by atoms with Crippen molar-refractivity contribution in [1.29, 1.82) is 0 Å². The second-order valence-electron chi connectivity index (χ2n) is 8.40. The Morgan fingerprint density at radius 1 is 0.878 bits per heavy atom. The highest BCUT2D eigenvalue weighted by molar-refractivity contribution is 7.89. The molecule has 0 aliphatic carbocycles. The number of nitrogens with zero attached hydrogens (tertiary/aromatic N) is 5. The predicted octanol–water partition coefficient (Wildman–Crippen LogP) is 3.20. The molecule has 0 bridgehead atoms. The minimum Gasteiger partial charge on any atom is -0.395 e. The molecule has 0 spiro atoms. The van der Waals surface area contributed by atoms with E-state index in [9.17, 15) is 34.8 Å². The predicted molar refractivity (Wildman–Crippen MR) is 132 cm³/mol. The number of aliphatic hydroxyl groups is 2. The summed E-state index contributed by atoms with van der Waals surface area (Å²) in [6, 6.07) is 5.26. The number of fused-ring (bicyclic) bond motifs is 1. The Kier molecular flexibility index (Phi) is 8.36. The first-order valence-corrected chi connectivity index (χ1v) is 13.0. The van der Waals surface area contributed by atoms with E-state index in [1.165, 1.54) is 6.20 Å². The smallest absolute Gasteiger partial charge is 0.395 e. The van der Waals surface area contributed by atoms with Crippen LogP contribution in [0.5, 0.6) is 0 Å². The number of aromatic nitrogens is 4. The van der Waals surface area contributed by atoms with E-state index < -0.39 is 46.8 Å². The fraction of sp³-hybridized carbons (Fsp3) is 0.240. The Balaban J connectivity index is 1.77. The van der Waals surface area contributed by atoms with Crippen LogP contribution in [0.2, 0.25) is 0 Å². The molecule has 0 fully saturated rings. The van der Waals surface area contributed by atoms with Gasteiger partial charge in [-0.25, -0.2) is 17.9 Å². The van der Waals surface area contributed by atoms with Gasteiger partial charge in [-0.15, -0.1) is 0 Å². The molecule has 3 heterocycles. The minimum atomic E-state index is -4.90. The molecule has 0 aliphatic rings. The van der Waals surface area contributed by atoms with Gasteiger partial charge in [-0.3, -0.25) is 4.98 Å². The first-order chi connectivity index (χ1) is 19.3. The number of aliphatic hydroxyl groups excluding tert-OH is 2. The summed E-state index contributed by atoms with van der Waals surface area (Å²) in [5, 5.41) is 22.0. The van der Waals surface area contributed by atoms with Crippen molar-refractivity contribution >= 4 is 15.7 Å². The lowest BCUT2D eigenvalue weighted by Gasteiger charge is -2.20. The van der Waals surface area contributed by atoms with Crippen molar-refractivity contribution in [3.8, 4) is 23.1 Å². The summed E-state index contributed by atoms with van der Waals surface area (Å²) >= 11 is 0. The number of hydrogen-bond acceptors (Lipinski definition) is 7. The van der Waals surface area contributed by atoms with E-state index in [2.05, 4.69) is 26.9 Å². The molecular weight excluding hydrogens is 580 g/mol. The minimum absolute atomic E-state index is 0.0106. The van der Waals surface area contributed by atoms with Crippen LogP contribution in [0.25, 0.3) is 16.9 Å². The molecule has 3 aromatic heterocycles. The maximum Gasteiger partial charge on any atom is 0.433 e. The Morgan fingerprint density at radius 3 is 2.12 bits per heavy atom. The fourth-order valence-electron chi connectivity index (χ4n) is 3.72. The monoisotopic (exact) mass is 599 g/mol. The summed E-state index contributed by atoms with van der Waals surface area (Å²) < 4.78 is 107. The van der Waals surface area contributed by atoms with E-state index in [1.807, 2.05) is 0 Å². The normalized spacial score (nSPS) is 12.5. The Labute approximate surface area is 228 Å². The molecule has 41 heavy (non-hydrogen) atoms. The average Bonchev–Trinajstić information content (AvgIpc) is 3.33. The molecule has 0 amide bonds. The van der Waals surface area contributed by atoms with Gasteiger partial charge < -0.3 is 10.2 Å². The highest BCUT2D eigenvalue weighted by atomic mass is 32.2. The second-order valence-corrected chi connectivity index (χ2v) is 10.3. The first kappa shape index (κ1) is 29.9. The third kappa shape index (κ3) is 6.49. The Bertz CT molecular complexity index is 1720. The molecule has 0 saturated heterocycles. The van der Waals surface area contributed by atoms with Crippen molar-refractivity contribution in [2.45, 2.75) is 17.2 Å². The zero-order valence-electron chi connectivity index (χ0n) is 20.6. The standard InChI is InChI=1S/C25H19F6N5O4S/c26-24(27,28)19-5-3-17(4-6-19)21-12-22(25(29,30)31)36-23(34-21)18(14-33-36)2-1-16-11-20(15-32-13-16)41(39,40)35(7-9-37)8-10-38/h3-6,11-15,37-38H,7-10H2. The van der Waals surface area contributed by atoms with E-state index in [0.717, 1.165) is 47.0 Å². The summed E-state index contributed by atoms with van der Waals surface area (Å²) in [6.45, 7) is -1.56. The molecule has 216 valence electrons. The molecule has 16 heteroatoms. The van der Waals surface area contributed by atoms with Gasteiger partial charge in [0.15, 0.2) is 11.3 Å². The van der Waals surface area contributed by atoms with Gasteiger partial charge in [-0.05, 0) is 24.3 Å². The number of pyridine rings is 1. The largest absolute Gasteiger partial charge is 0.433 e. The van der Waals surface area contributed by atoms with Gasteiger partial charge in [0.05, 0.1) is 36.2 Å². The lowest BCUT2D eigenvalue weighted by Crippen LogP contribution is -2.35. The Morgan fingerprint density at radius 2 is 1.54 bits per heavy atom. The van der Waals surface area contributed by atoms with Crippen LogP contribution in [0, 0.1) is 11.8 Å². The van der Waals surface area contributed by atoms with Crippen LogP contribution in [-0.2, 0) is 22.4 Å². The lowest BCUT2D eigenvalue weighted by atomic mass is 10.1. The molecule has 4 aromatic rings. The van der Waals surface area contributed by atoms with Crippen molar-refractivity contribution in [3.63, 3.8) is 0 Å². The summed E-state index contributed by atoms with van der Waals surface area (Å²) in [7, 11) is -4.17. The van der Waals surface area contributed by atoms with Gasteiger partial charge in [0.2, 0.25) is 10.0 Å². The summed E-state index contributed by atoms with van der Waals surface area (Å²) in [6.07, 6.45) is -6.28. The van der Waals surface area contributed by atoms with Crippen molar-refractivity contribution in [3.05, 3.63) is 77.4 Å². The first-order valence-electron chi connectivity index (χ1n) is 11.6. The number of sulfonamides is 1. The topological polar surface area (TPSA) is 121 Å². The van der Waals surface area contributed by atoms with E-state index in [-0.39, 0.29) is 46.0 Å². The van der Waals surface area contributed by atoms with Gasteiger partial charge in [-0.1, -0.05) is 24.0 Å². The van der Waals surface area contributed by atoms with E-state index in [4.69, 9.17) is 10.2 Å². The van der Waals surface area contributed by atoms with Crippen molar-refractivity contribution in [1.82, 2.24) is 23.9 Å². The summed E-state index contributed by atoms with van der Waals surface area (Å²) in [5.74, 6) is 5.19. The fourth-order valence-corrected chi connectivity index (χ4v) is 5.14. The quantitative estimate of drug-likeness (QED) is 0.247. The van der Waals surface area contributed by atoms with Gasteiger partial charge in [-0.2, -0.15) is 35.7 Å². The summed E-state index contributed by atoms with van der Waals surface area (Å²) in [5.41, 5.74) is -2.87. The number of benzene rings is 1. The molecule has 4 rings (SSSR count). The number of alkyl halides is 6. The zero-order chi connectivity index (χ0) is 30.0. The average molecular weight is 600 g/mol. The zero-order valence-corrected chi connectivity index (χ0v) is 21.5. The van der Waals surface area contributed by atoms with Crippen LogP contribution in [-0.4, -0.2) is 68.8 Å². The van der Waals surface area contributed by atoms with Crippen molar-refractivity contribution < 1.29 is 45.0 Å². The van der Waals surface area contributed by atoms with Crippen LogP contribution in [0.4, 0.5) is 26.3 Å². The van der Waals surface area contributed by atoms with Crippen LogP contribution in [0.1, 0.15) is 22.4 Å². The number of rotatable bonds is 7. The SMILES string of the molecule is O=S(=O)(c1cncc(C#Cc2cnn3c(C(F)(F)F)cc(-c4ccc(C(F)(F)F)cc4)nc23)c1)N(CCO)CCO. The number of halogens is 6. The Hall–Kier alpha value is -4.04. The van der Waals surface area contributed by atoms with Gasteiger partial charge in [0.1, 0.15) is 4.90 Å². The number of hydrogen-bond donors (Lipinski definition) is 2. The van der Waals surface area contributed by atoms with E-state index >= 15 is 0 Å². The molecule has 0 atom stereocenters. The molecule has 0 unspecified atom stereocenters. The third-order valence-electron chi connectivity index (χ3n) is 5.66. The lowest BCUT2D eigenvalue weighted by molar-refractivity contribution is -0.142. The maximum atomic E-state index is 13.9. The molecule has 9 nitrogen and oxygen atoms in total. The maximum absolute atomic E-state index is 13.9. The van der Waals surface area contributed by atoms with Gasteiger partial charge >= 0.3 is 12.4 Å². The molecule has 0 saturated carbocycles. The summed E-state index contributed by atoms with van der Waals surface area (Å²) in [4.78, 5) is 7.70.